The van der Waals surface area contributed by atoms with Crippen molar-refractivity contribution in [1.82, 2.24) is 0 Å². The van der Waals surface area contributed by atoms with Crippen molar-refractivity contribution in [3.05, 3.63) is 39.9 Å². The van der Waals surface area contributed by atoms with Crippen LogP contribution in [0.25, 0.3) is 0 Å². The van der Waals surface area contributed by atoms with Gasteiger partial charge in [-0.25, -0.2) is 8.42 Å². The molecule has 0 N–H and O–H groups in total. The number of halogens is 2. The lowest BCUT2D eigenvalue weighted by molar-refractivity contribution is -0.384. The van der Waals surface area contributed by atoms with Gasteiger partial charge in [0.2, 0.25) is 5.78 Å². The second kappa shape index (κ2) is 4.94. The number of Topliss-reactive ketones (excluding diaryl/α,β-unsaturated/α-hetero) is 1. The van der Waals surface area contributed by atoms with Gasteiger partial charge in [0.25, 0.3) is 8.80 Å². The maximum absolute atomic E-state index is 11.9. The zero-order chi connectivity index (χ0) is 14.1. The topological polar surface area (TPSA) is 94.3 Å². The fourth-order valence-corrected chi connectivity index (χ4v) is 1.86. The first-order chi connectivity index (χ1) is 8.07. The summed E-state index contributed by atoms with van der Waals surface area (Å²) >= 11 is 8.29. The minimum Gasteiger partial charge on any atom is -0.290 e. The number of hydrogen-bond donors (Lipinski definition) is 0. The second-order valence-corrected chi connectivity index (χ2v) is 8.54. The molecule has 0 unspecified atom stereocenters. The van der Waals surface area contributed by atoms with Gasteiger partial charge in [-0.3, -0.25) is 14.9 Å². The molecule has 0 fully saturated rings. The molecule has 0 radical (unpaired) electrons. The van der Waals surface area contributed by atoms with Crippen LogP contribution in [0.2, 0.25) is 0 Å². The zero-order valence-electron chi connectivity index (χ0n) is 8.96. The molecule has 0 heterocycles. The highest BCUT2D eigenvalue weighted by molar-refractivity contribution is 9.12. The molecule has 1 aromatic carbocycles. The van der Waals surface area contributed by atoms with Crippen molar-refractivity contribution in [3.63, 3.8) is 0 Å². The van der Waals surface area contributed by atoms with Crippen LogP contribution < -0.4 is 0 Å². The summed E-state index contributed by atoms with van der Waals surface area (Å²) in [6.45, 7) is 0. The van der Waals surface area contributed by atoms with Crippen LogP contribution in [-0.4, -0.2) is 28.5 Å². The standard InChI is InChI=1S/C9H7BrClNO5S/c1-18(16,17)9(10,11)8(13)6-2-4-7(5-3-6)12(14)15/h2-5H,1H3/t9-/m0/s1. The van der Waals surface area contributed by atoms with E-state index in [9.17, 15) is 23.3 Å². The molecule has 98 valence electrons. The Labute approximate surface area is 116 Å². The first-order valence-electron chi connectivity index (χ1n) is 4.44. The molecule has 0 aliphatic heterocycles. The van der Waals surface area contributed by atoms with Crippen molar-refractivity contribution in [2.75, 3.05) is 6.26 Å². The Hall–Kier alpha value is -0.990. The van der Waals surface area contributed by atoms with Gasteiger partial charge in [0.15, 0.2) is 9.84 Å². The maximum Gasteiger partial charge on any atom is 0.269 e. The van der Waals surface area contributed by atoms with Gasteiger partial charge in [0.1, 0.15) is 0 Å². The molecule has 0 saturated carbocycles. The Kier molecular flexibility index (Phi) is 4.14. The number of nitro groups is 1. The number of carbonyl (C=O) groups excluding carboxylic acids is 1. The molecule has 1 aromatic rings. The molecular formula is C9H7BrClNO5S. The van der Waals surface area contributed by atoms with Gasteiger partial charge in [-0.2, -0.15) is 0 Å². The Balaban J connectivity index is 3.17. The van der Waals surface area contributed by atoms with E-state index < -0.39 is 23.7 Å². The van der Waals surface area contributed by atoms with E-state index >= 15 is 0 Å². The van der Waals surface area contributed by atoms with Crippen LogP contribution in [0.5, 0.6) is 0 Å². The molecule has 0 aliphatic carbocycles. The quantitative estimate of drug-likeness (QED) is 0.356. The summed E-state index contributed by atoms with van der Waals surface area (Å²) in [6, 6.07) is 4.47. The number of nitrogens with zero attached hydrogens (tertiary/aromatic N) is 1. The van der Waals surface area contributed by atoms with Gasteiger partial charge in [-0.1, -0.05) is 11.6 Å². The first kappa shape index (κ1) is 15.1. The number of rotatable bonds is 4. The van der Waals surface area contributed by atoms with E-state index in [0.29, 0.717) is 0 Å². The number of nitro benzene ring substituents is 1. The molecule has 0 aromatic heterocycles. The van der Waals surface area contributed by atoms with E-state index in [1.165, 1.54) is 0 Å². The van der Waals surface area contributed by atoms with Crippen LogP contribution in [0.4, 0.5) is 5.69 Å². The monoisotopic (exact) mass is 355 g/mol. The summed E-state index contributed by atoms with van der Waals surface area (Å²) in [5.74, 6) is -0.901. The Morgan fingerprint density at radius 3 is 2.17 bits per heavy atom. The average Bonchev–Trinajstić information content (AvgIpc) is 2.26. The summed E-state index contributed by atoms with van der Waals surface area (Å²) in [5.41, 5.74) is -0.251. The summed E-state index contributed by atoms with van der Waals surface area (Å²) < 4.78 is 20.4. The second-order valence-electron chi connectivity index (χ2n) is 3.42. The van der Waals surface area contributed by atoms with Crippen LogP contribution in [0.1, 0.15) is 10.4 Å². The molecule has 0 aliphatic rings. The van der Waals surface area contributed by atoms with Crippen LogP contribution in [0, 0.1) is 10.1 Å². The van der Waals surface area contributed by atoms with Crippen molar-refractivity contribution >= 4 is 48.8 Å². The molecule has 1 atom stereocenters. The number of alkyl halides is 2. The highest BCUT2D eigenvalue weighted by Gasteiger charge is 2.44. The zero-order valence-corrected chi connectivity index (χ0v) is 12.1. The van der Waals surface area contributed by atoms with E-state index in [-0.39, 0.29) is 11.3 Å². The highest BCUT2D eigenvalue weighted by atomic mass is 79.9. The lowest BCUT2D eigenvalue weighted by atomic mass is 10.1. The van der Waals surface area contributed by atoms with E-state index in [0.717, 1.165) is 30.5 Å². The molecule has 0 bridgehead atoms. The Morgan fingerprint density at radius 2 is 1.83 bits per heavy atom. The third-order valence-electron chi connectivity index (χ3n) is 2.07. The number of sulfone groups is 1. The normalized spacial score (nSPS) is 14.8. The fourth-order valence-electron chi connectivity index (χ4n) is 1.07. The number of carbonyl (C=O) groups is 1. The van der Waals surface area contributed by atoms with E-state index in [1.54, 1.807) is 0 Å². The van der Waals surface area contributed by atoms with Crippen molar-refractivity contribution in [2.24, 2.45) is 0 Å². The number of hydrogen-bond acceptors (Lipinski definition) is 5. The smallest absolute Gasteiger partial charge is 0.269 e. The van der Waals surface area contributed by atoms with E-state index in [1.807, 2.05) is 0 Å². The first-order valence-corrected chi connectivity index (χ1v) is 7.50. The predicted octanol–water partition coefficient (Wildman–Crippen LogP) is 2.11. The number of benzene rings is 1. The Morgan fingerprint density at radius 1 is 1.39 bits per heavy atom. The van der Waals surface area contributed by atoms with Crippen LogP contribution in [-0.2, 0) is 9.84 Å². The van der Waals surface area contributed by atoms with Gasteiger partial charge >= 0.3 is 0 Å². The van der Waals surface area contributed by atoms with Gasteiger partial charge in [-0.05, 0) is 28.1 Å². The van der Waals surface area contributed by atoms with Crippen molar-refractivity contribution in [3.8, 4) is 0 Å². The third-order valence-corrected chi connectivity index (χ3v) is 6.32. The van der Waals surface area contributed by atoms with Crippen molar-refractivity contribution in [2.45, 2.75) is 3.12 Å². The molecule has 9 heteroatoms. The third kappa shape index (κ3) is 2.88. The molecule has 18 heavy (non-hydrogen) atoms. The molecule has 0 amide bonds. The van der Waals surface area contributed by atoms with Crippen molar-refractivity contribution in [1.29, 1.82) is 0 Å². The number of non-ortho nitro benzene ring substituents is 1. The summed E-state index contributed by atoms with van der Waals surface area (Å²) in [4.78, 5) is 21.7. The highest BCUT2D eigenvalue weighted by Crippen LogP contribution is 2.34. The van der Waals surface area contributed by atoms with E-state index in [4.69, 9.17) is 11.6 Å². The lowest BCUT2D eigenvalue weighted by Crippen LogP contribution is -2.34. The van der Waals surface area contributed by atoms with Crippen LogP contribution in [0.3, 0.4) is 0 Å². The minimum absolute atomic E-state index is 0.0436. The van der Waals surface area contributed by atoms with Crippen LogP contribution >= 0.6 is 27.5 Å². The van der Waals surface area contributed by atoms with E-state index in [2.05, 4.69) is 15.9 Å². The summed E-state index contributed by atoms with van der Waals surface area (Å²) in [7, 11) is -3.88. The molecule has 6 nitrogen and oxygen atoms in total. The van der Waals surface area contributed by atoms with Crippen LogP contribution in [0.15, 0.2) is 24.3 Å². The molecule has 1 rings (SSSR count). The van der Waals surface area contributed by atoms with Gasteiger partial charge in [-0.15, -0.1) is 0 Å². The maximum atomic E-state index is 11.9. The number of ketones is 1. The molecule has 0 saturated heterocycles. The largest absolute Gasteiger partial charge is 0.290 e. The Bertz CT molecular complexity index is 596. The molecular weight excluding hydrogens is 350 g/mol. The molecule has 0 spiro atoms. The SMILES string of the molecule is CS(=O)(=O)[C@](Cl)(Br)C(=O)c1ccc([N+](=O)[O-])cc1. The lowest BCUT2D eigenvalue weighted by Gasteiger charge is -2.16. The average molecular weight is 357 g/mol. The van der Waals surface area contributed by atoms with Gasteiger partial charge < -0.3 is 0 Å². The van der Waals surface area contributed by atoms with Gasteiger partial charge in [0, 0.05) is 24.0 Å². The van der Waals surface area contributed by atoms with Gasteiger partial charge in [0.05, 0.1) is 4.92 Å². The summed E-state index contributed by atoms with van der Waals surface area (Å²) in [6.07, 6.45) is 0.804. The summed E-state index contributed by atoms with van der Waals surface area (Å²) in [5, 5.41) is 10.4. The predicted molar refractivity (Wildman–Crippen MR) is 69.8 cm³/mol. The fraction of sp³-hybridized carbons (Fsp3) is 0.222. The minimum atomic E-state index is -3.88. The van der Waals surface area contributed by atoms with Crippen molar-refractivity contribution < 1.29 is 18.1 Å².